The predicted molar refractivity (Wildman–Crippen MR) is 105 cm³/mol. The summed E-state index contributed by atoms with van der Waals surface area (Å²) >= 11 is -0.0968. The van der Waals surface area contributed by atoms with E-state index >= 15 is 0 Å². The van der Waals surface area contributed by atoms with Crippen molar-refractivity contribution in [2.75, 3.05) is 0 Å². The molecule has 25 heavy (non-hydrogen) atoms. The second-order valence-corrected chi connectivity index (χ2v) is 9.76. The summed E-state index contributed by atoms with van der Waals surface area (Å²) in [6, 6.07) is 26.7. The van der Waals surface area contributed by atoms with E-state index in [4.69, 9.17) is 0 Å². The molecule has 4 heteroatoms. The summed E-state index contributed by atoms with van der Waals surface area (Å²) in [6.45, 7) is 1.94. The summed E-state index contributed by atoms with van der Waals surface area (Å²) < 4.78 is 27.7. The van der Waals surface area contributed by atoms with Crippen LogP contribution in [-0.2, 0) is 9.84 Å². The molecule has 3 aromatic rings. The SMILES string of the molecule is Cc1ccc(S(=O)(=O)C=C([Se]c2ccccc2)c2ccccc2)cc1. The third kappa shape index (κ3) is 4.70. The molecule has 0 bridgehead atoms. The average molecular weight is 413 g/mol. The molecular formula is C21H18O2SSe. The fourth-order valence-corrected chi connectivity index (χ4v) is 6.20. The van der Waals surface area contributed by atoms with Gasteiger partial charge in [-0.15, -0.1) is 0 Å². The van der Waals surface area contributed by atoms with Crippen LogP contribution < -0.4 is 4.46 Å². The van der Waals surface area contributed by atoms with Crippen LogP contribution in [0.2, 0.25) is 0 Å². The van der Waals surface area contributed by atoms with Crippen LogP contribution in [0.25, 0.3) is 4.47 Å². The van der Waals surface area contributed by atoms with E-state index in [-0.39, 0.29) is 15.0 Å². The maximum atomic E-state index is 12.9. The third-order valence-corrected chi connectivity index (χ3v) is 7.72. The molecule has 0 radical (unpaired) electrons. The number of sulfone groups is 1. The van der Waals surface area contributed by atoms with Crippen LogP contribution in [0.4, 0.5) is 0 Å². The minimum absolute atomic E-state index is 0.0968. The number of rotatable bonds is 5. The Morgan fingerprint density at radius 3 is 1.96 bits per heavy atom. The van der Waals surface area contributed by atoms with Gasteiger partial charge in [-0.1, -0.05) is 0 Å². The van der Waals surface area contributed by atoms with Gasteiger partial charge in [0.25, 0.3) is 0 Å². The van der Waals surface area contributed by atoms with Crippen LogP contribution in [0.15, 0.2) is 95.2 Å². The van der Waals surface area contributed by atoms with E-state index in [0.717, 1.165) is 20.1 Å². The summed E-state index contributed by atoms with van der Waals surface area (Å²) in [5.74, 6) is 0. The van der Waals surface area contributed by atoms with Crippen molar-refractivity contribution in [2.24, 2.45) is 0 Å². The first-order valence-corrected chi connectivity index (χ1v) is 11.1. The Hall–Kier alpha value is -2.13. The van der Waals surface area contributed by atoms with Crippen LogP contribution in [-0.4, -0.2) is 23.4 Å². The van der Waals surface area contributed by atoms with Gasteiger partial charge in [0.05, 0.1) is 0 Å². The van der Waals surface area contributed by atoms with E-state index in [1.54, 1.807) is 12.1 Å². The molecule has 0 aliphatic heterocycles. The summed E-state index contributed by atoms with van der Waals surface area (Å²) in [5, 5.41) is 1.43. The second-order valence-electron chi connectivity index (χ2n) is 5.62. The molecule has 0 aliphatic rings. The van der Waals surface area contributed by atoms with Crippen molar-refractivity contribution < 1.29 is 8.42 Å². The quantitative estimate of drug-likeness (QED) is 0.597. The molecule has 0 saturated carbocycles. The normalized spacial score (nSPS) is 12.1. The van der Waals surface area contributed by atoms with Gasteiger partial charge >= 0.3 is 155 Å². The zero-order valence-corrected chi connectivity index (χ0v) is 16.3. The van der Waals surface area contributed by atoms with Crippen LogP contribution in [0.1, 0.15) is 11.1 Å². The van der Waals surface area contributed by atoms with E-state index in [0.29, 0.717) is 4.90 Å². The molecule has 0 spiro atoms. The topological polar surface area (TPSA) is 34.1 Å². The first-order chi connectivity index (χ1) is 12.0. The predicted octanol–water partition coefficient (Wildman–Crippen LogP) is 3.80. The summed E-state index contributed by atoms with van der Waals surface area (Å²) in [7, 11) is -3.49. The standard InChI is InChI=1S/C21H18O2SSe/c1-17-12-14-19(15-13-17)24(22,23)16-21(18-8-4-2-5-9-18)25-20-10-6-3-7-11-20/h2-16H,1H3. The summed E-state index contributed by atoms with van der Waals surface area (Å²) in [5.41, 5.74) is 1.99. The summed E-state index contributed by atoms with van der Waals surface area (Å²) in [4.78, 5) is 0.329. The van der Waals surface area contributed by atoms with Gasteiger partial charge in [-0.3, -0.25) is 0 Å². The Morgan fingerprint density at radius 2 is 1.36 bits per heavy atom. The molecule has 0 heterocycles. The average Bonchev–Trinajstić information content (AvgIpc) is 2.63. The van der Waals surface area contributed by atoms with Crippen molar-refractivity contribution in [1.82, 2.24) is 0 Å². The van der Waals surface area contributed by atoms with Gasteiger partial charge in [0.15, 0.2) is 0 Å². The minimum atomic E-state index is -3.49. The molecule has 3 rings (SSSR count). The summed E-state index contributed by atoms with van der Waals surface area (Å²) in [6.07, 6.45) is 0. The van der Waals surface area contributed by atoms with Gasteiger partial charge in [-0.05, 0) is 0 Å². The molecule has 0 fully saturated rings. The van der Waals surface area contributed by atoms with E-state index in [1.807, 2.05) is 79.7 Å². The van der Waals surface area contributed by atoms with E-state index in [9.17, 15) is 8.42 Å². The molecule has 3 aromatic carbocycles. The molecule has 0 N–H and O–H groups in total. The van der Waals surface area contributed by atoms with E-state index in [2.05, 4.69) is 0 Å². The van der Waals surface area contributed by atoms with Crippen molar-refractivity contribution in [1.29, 1.82) is 0 Å². The molecule has 126 valence electrons. The van der Waals surface area contributed by atoms with E-state index in [1.165, 1.54) is 5.41 Å². The number of benzene rings is 3. The fourth-order valence-electron chi connectivity index (χ4n) is 2.31. The monoisotopic (exact) mass is 414 g/mol. The molecule has 0 aliphatic carbocycles. The molecule has 2 nitrogen and oxygen atoms in total. The van der Waals surface area contributed by atoms with Crippen LogP contribution in [0.3, 0.4) is 0 Å². The first kappa shape index (κ1) is 17.7. The Bertz CT molecular complexity index is 961. The third-order valence-electron chi connectivity index (χ3n) is 3.64. The van der Waals surface area contributed by atoms with Gasteiger partial charge in [0.1, 0.15) is 0 Å². The van der Waals surface area contributed by atoms with Crippen LogP contribution >= 0.6 is 0 Å². The zero-order chi connectivity index (χ0) is 17.7. The van der Waals surface area contributed by atoms with E-state index < -0.39 is 9.84 Å². The van der Waals surface area contributed by atoms with Crippen molar-refractivity contribution in [3.8, 4) is 0 Å². The second kappa shape index (κ2) is 7.83. The van der Waals surface area contributed by atoms with Crippen molar-refractivity contribution in [3.05, 3.63) is 101 Å². The maximum absolute atomic E-state index is 12.9. The Balaban J connectivity index is 2.04. The number of hydrogen-bond donors (Lipinski definition) is 0. The Morgan fingerprint density at radius 1 is 0.800 bits per heavy atom. The number of aryl methyl sites for hydroxylation is 1. The zero-order valence-electron chi connectivity index (χ0n) is 13.8. The molecule has 0 atom stereocenters. The molecular weight excluding hydrogens is 395 g/mol. The van der Waals surface area contributed by atoms with Gasteiger partial charge in [0.2, 0.25) is 0 Å². The first-order valence-electron chi connectivity index (χ1n) is 7.86. The van der Waals surface area contributed by atoms with Gasteiger partial charge < -0.3 is 0 Å². The fraction of sp³-hybridized carbons (Fsp3) is 0.0476. The molecule has 0 amide bonds. The molecule has 0 aromatic heterocycles. The molecule has 0 unspecified atom stereocenters. The van der Waals surface area contributed by atoms with Crippen molar-refractivity contribution in [3.63, 3.8) is 0 Å². The van der Waals surface area contributed by atoms with Gasteiger partial charge in [-0.25, -0.2) is 0 Å². The Kier molecular flexibility index (Phi) is 5.54. The van der Waals surface area contributed by atoms with Gasteiger partial charge in [-0.2, -0.15) is 0 Å². The van der Waals surface area contributed by atoms with Crippen LogP contribution in [0, 0.1) is 6.92 Å². The van der Waals surface area contributed by atoms with Crippen LogP contribution in [0.5, 0.6) is 0 Å². The molecule has 0 saturated heterocycles. The van der Waals surface area contributed by atoms with Crippen molar-refractivity contribution in [2.45, 2.75) is 11.8 Å². The van der Waals surface area contributed by atoms with Gasteiger partial charge in [0, 0.05) is 0 Å². The Labute approximate surface area is 155 Å². The number of hydrogen-bond acceptors (Lipinski definition) is 2. The van der Waals surface area contributed by atoms with Crippen molar-refractivity contribution >= 4 is 33.7 Å².